The average molecular weight is 475 g/mol. The van der Waals surface area contributed by atoms with E-state index in [2.05, 4.69) is 4.90 Å². The number of ether oxygens (including phenoxy) is 1. The molecule has 1 unspecified atom stereocenters. The van der Waals surface area contributed by atoms with Crippen molar-refractivity contribution in [2.45, 2.75) is 26.8 Å². The van der Waals surface area contributed by atoms with E-state index in [1.54, 1.807) is 18.2 Å². The topological polar surface area (TPSA) is 70.1 Å². The number of carbonyl (C=O) groups is 2. The van der Waals surface area contributed by atoms with Gasteiger partial charge in [0.15, 0.2) is 0 Å². The summed E-state index contributed by atoms with van der Waals surface area (Å²) < 4.78 is 19.5. The molecule has 8 heteroatoms. The van der Waals surface area contributed by atoms with Crippen LogP contribution in [0.15, 0.2) is 48.0 Å². The van der Waals surface area contributed by atoms with Crippen molar-refractivity contribution >= 4 is 29.1 Å². The second-order valence-corrected chi connectivity index (χ2v) is 8.06. The largest absolute Gasteiger partial charge is 0.507 e. The standard InChI is InChI=1S/C25H28ClFN2O4/c1-4-28(5-2)12-13-29-22(16-8-7-9-18(27)14-16)21(24(31)25(29)32)23(30)17-10-11-20(33-6-3)19(26)15-17/h7-11,14-15,22,30H,4-6,12-13H2,1-3H3/b23-21-. The summed E-state index contributed by atoms with van der Waals surface area (Å²) in [6.45, 7) is 8.64. The lowest BCUT2D eigenvalue weighted by molar-refractivity contribution is -0.140. The molecular formula is C25H28ClFN2O4. The zero-order valence-corrected chi connectivity index (χ0v) is 19.7. The van der Waals surface area contributed by atoms with Crippen LogP contribution in [0.1, 0.15) is 37.9 Å². The monoisotopic (exact) mass is 474 g/mol. The van der Waals surface area contributed by atoms with Gasteiger partial charge in [-0.3, -0.25) is 9.59 Å². The molecule has 1 aliphatic rings. The fourth-order valence-electron chi connectivity index (χ4n) is 4.00. The Morgan fingerprint density at radius 3 is 2.48 bits per heavy atom. The molecule has 6 nitrogen and oxygen atoms in total. The molecule has 0 aliphatic carbocycles. The van der Waals surface area contributed by atoms with E-state index in [4.69, 9.17) is 16.3 Å². The average Bonchev–Trinajstić information content (AvgIpc) is 3.05. The van der Waals surface area contributed by atoms with Gasteiger partial charge in [0, 0.05) is 18.7 Å². The number of hydrogen-bond donors (Lipinski definition) is 1. The highest BCUT2D eigenvalue weighted by Crippen LogP contribution is 2.40. The summed E-state index contributed by atoms with van der Waals surface area (Å²) in [6.07, 6.45) is 0. The molecule has 0 radical (unpaired) electrons. The van der Waals surface area contributed by atoms with Crippen molar-refractivity contribution < 1.29 is 23.8 Å². The summed E-state index contributed by atoms with van der Waals surface area (Å²) in [4.78, 5) is 29.6. The second kappa shape index (κ2) is 10.8. The first-order valence-corrected chi connectivity index (χ1v) is 11.4. The van der Waals surface area contributed by atoms with Crippen LogP contribution >= 0.6 is 11.6 Å². The summed E-state index contributed by atoms with van der Waals surface area (Å²) in [6, 6.07) is 9.45. The smallest absolute Gasteiger partial charge is 0.295 e. The first-order valence-electron chi connectivity index (χ1n) is 11.0. The van der Waals surface area contributed by atoms with E-state index in [9.17, 15) is 19.1 Å². The van der Waals surface area contributed by atoms with Crippen LogP contribution in [0.4, 0.5) is 4.39 Å². The molecule has 1 aliphatic heterocycles. The summed E-state index contributed by atoms with van der Waals surface area (Å²) >= 11 is 6.27. The minimum Gasteiger partial charge on any atom is -0.507 e. The first-order chi connectivity index (χ1) is 15.8. The van der Waals surface area contributed by atoms with Gasteiger partial charge in [-0.05, 0) is 55.9 Å². The van der Waals surface area contributed by atoms with Crippen LogP contribution in [0.3, 0.4) is 0 Å². The van der Waals surface area contributed by atoms with Crippen molar-refractivity contribution in [3.8, 4) is 5.75 Å². The van der Waals surface area contributed by atoms with E-state index in [1.807, 2.05) is 20.8 Å². The highest BCUT2D eigenvalue weighted by molar-refractivity contribution is 6.46. The summed E-state index contributed by atoms with van der Waals surface area (Å²) in [5.74, 6) is -1.96. The van der Waals surface area contributed by atoms with Crippen LogP contribution in [0.25, 0.3) is 5.76 Å². The number of ketones is 1. The lowest BCUT2D eigenvalue weighted by Gasteiger charge is -2.28. The molecule has 3 rings (SSSR count). The van der Waals surface area contributed by atoms with Gasteiger partial charge in [0.2, 0.25) is 0 Å². The van der Waals surface area contributed by atoms with Crippen molar-refractivity contribution in [3.05, 3.63) is 70.0 Å². The van der Waals surface area contributed by atoms with Crippen molar-refractivity contribution in [2.24, 2.45) is 0 Å². The molecule has 176 valence electrons. The van der Waals surface area contributed by atoms with E-state index in [0.717, 1.165) is 13.1 Å². The number of benzene rings is 2. The lowest BCUT2D eigenvalue weighted by Crippen LogP contribution is -2.38. The molecular weight excluding hydrogens is 447 g/mol. The van der Waals surface area contributed by atoms with E-state index < -0.39 is 23.5 Å². The van der Waals surface area contributed by atoms with Crippen molar-refractivity contribution in [1.82, 2.24) is 9.80 Å². The number of likely N-dealkylation sites (N-methyl/N-ethyl adjacent to an activating group) is 1. The minimum absolute atomic E-state index is 0.0922. The van der Waals surface area contributed by atoms with Crippen LogP contribution in [0.5, 0.6) is 5.75 Å². The van der Waals surface area contributed by atoms with Gasteiger partial charge in [0.05, 0.1) is 23.2 Å². The number of aliphatic hydroxyl groups excluding tert-OH is 1. The zero-order valence-electron chi connectivity index (χ0n) is 19.0. The molecule has 2 aromatic rings. The number of rotatable bonds is 9. The first kappa shape index (κ1) is 24.7. The lowest BCUT2D eigenvalue weighted by atomic mass is 9.95. The molecule has 1 amide bonds. The number of carbonyl (C=O) groups excluding carboxylic acids is 2. The van der Waals surface area contributed by atoms with Crippen LogP contribution in [0, 0.1) is 5.82 Å². The fourth-order valence-corrected chi connectivity index (χ4v) is 4.23. The number of hydrogen-bond acceptors (Lipinski definition) is 5. The Hall–Kier alpha value is -2.90. The van der Waals surface area contributed by atoms with Gasteiger partial charge >= 0.3 is 0 Å². The number of aliphatic hydroxyl groups is 1. The molecule has 1 heterocycles. The van der Waals surface area contributed by atoms with E-state index in [-0.39, 0.29) is 28.5 Å². The number of nitrogens with zero attached hydrogens (tertiary/aromatic N) is 2. The quantitative estimate of drug-likeness (QED) is 0.325. The molecule has 1 N–H and O–H groups in total. The van der Waals surface area contributed by atoms with Gasteiger partial charge in [-0.2, -0.15) is 0 Å². The van der Waals surface area contributed by atoms with Crippen LogP contribution < -0.4 is 4.74 Å². The minimum atomic E-state index is -0.915. The van der Waals surface area contributed by atoms with Crippen molar-refractivity contribution in [3.63, 3.8) is 0 Å². The van der Waals surface area contributed by atoms with E-state index in [1.165, 1.54) is 29.2 Å². The Bertz CT molecular complexity index is 1070. The van der Waals surface area contributed by atoms with Crippen LogP contribution in [-0.4, -0.2) is 59.4 Å². The maximum Gasteiger partial charge on any atom is 0.295 e. The molecule has 0 spiro atoms. The Balaban J connectivity index is 2.10. The Morgan fingerprint density at radius 2 is 1.88 bits per heavy atom. The number of likely N-dealkylation sites (tertiary alicyclic amines) is 1. The van der Waals surface area contributed by atoms with Gasteiger partial charge < -0.3 is 19.6 Å². The molecule has 0 bridgehead atoms. The molecule has 1 fully saturated rings. The number of halogens is 2. The Kier molecular flexibility index (Phi) is 8.10. The van der Waals surface area contributed by atoms with Crippen LogP contribution in [-0.2, 0) is 9.59 Å². The predicted molar refractivity (Wildman–Crippen MR) is 126 cm³/mol. The predicted octanol–water partition coefficient (Wildman–Crippen LogP) is 4.64. The van der Waals surface area contributed by atoms with Gasteiger partial charge in [0.25, 0.3) is 11.7 Å². The summed E-state index contributed by atoms with van der Waals surface area (Å²) in [5.41, 5.74) is 0.587. The summed E-state index contributed by atoms with van der Waals surface area (Å²) in [7, 11) is 0. The fraction of sp³-hybridized carbons (Fsp3) is 0.360. The molecule has 1 atom stereocenters. The highest BCUT2D eigenvalue weighted by Gasteiger charge is 2.46. The van der Waals surface area contributed by atoms with E-state index in [0.29, 0.717) is 24.5 Å². The van der Waals surface area contributed by atoms with Gasteiger partial charge in [-0.25, -0.2) is 4.39 Å². The SMILES string of the molecule is CCOc1ccc(/C(O)=C2/C(=O)C(=O)N(CCN(CC)CC)C2c2cccc(F)c2)cc1Cl. The third-order valence-electron chi connectivity index (χ3n) is 5.76. The van der Waals surface area contributed by atoms with Crippen molar-refractivity contribution in [2.75, 3.05) is 32.8 Å². The molecule has 1 saturated heterocycles. The molecule has 33 heavy (non-hydrogen) atoms. The maximum absolute atomic E-state index is 14.1. The Labute approximate surface area is 198 Å². The highest BCUT2D eigenvalue weighted by atomic mass is 35.5. The summed E-state index contributed by atoms with van der Waals surface area (Å²) in [5, 5.41) is 11.4. The Morgan fingerprint density at radius 1 is 1.15 bits per heavy atom. The second-order valence-electron chi connectivity index (χ2n) is 7.65. The molecule has 0 aromatic heterocycles. The van der Waals surface area contributed by atoms with Crippen molar-refractivity contribution in [1.29, 1.82) is 0 Å². The third-order valence-corrected chi connectivity index (χ3v) is 6.06. The number of amides is 1. The normalized spacial score (nSPS) is 17.8. The third kappa shape index (κ3) is 5.20. The van der Waals surface area contributed by atoms with Gasteiger partial charge in [-0.15, -0.1) is 0 Å². The van der Waals surface area contributed by atoms with Gasteiger partial charge in [-0.1, -0.05) is 37.6 Å². The molecule has 0 saturated carbocycles. The number of Topliss-reactive ketones (excluding diaryl/α,β-unsaturated/α-hetero) is 1. The molecule has 2 aromatic carbocycles. The van der Waals surface area contributed by atoms with Crippen LogP contribution in [0.2, 0.25) is 5.02 Å². The zero-order chi connectivity index (χ0) is 24.1. The van der Waals surface area contributed by atoms with Gasteiger partial charge in [0.1, 0.15) is 17.3 Å². The maximum atomic E-state index is 14.1. The van der Waals surface area contributed by atoms with E-state index >= 15 is 0 Å².